The summed E-state index contributed by atoms with van der Waals surface area (Å²) in [7, 11) is -2.06. The lowest BCUT2D eigenvalue weighted by atomic mass is 10.0. The first-order valence-electron chi connectivity index (χ1n) is 15.9. The van der Waals surface area contributed by atoms with Crippen LogP contribution < -0.4 is 0 Å². The number of carbonyl (C=O) groups is 1. The fourth-order valence-corrected chi connectivity index (χ4v) is 6.75. The number of likely N-dealkylation sites (tertiary alicyclic amines) is 1. The van der Waals surface area contributed by atoms with Gasteiger partial charge in [0.05, 0.1) is 32.0 Å². The standard InChI is InChI=1S/C35H54FNO5Si/c1-9-40-34(38)25-39-20-18-29-13-10-11-15-32(29)27(3)41-24-31(42-43(7,8)35(4,5)6)23-37-19-12-14-30(37)21-28-17-16-26(2)33(36)22-28/h10-11,13,15-17,22,27,30-31H,9,12,14,18-21,23-25H2,1-8H3/t27-,30+,31-/m1/s1. The van der Waals surface area contributed by atoms with Gasteiger partial charge in [-0.2, -0.15) is 0 Å². The normalized spacial score (nSPS) is 17.7. The number of ether oxygens (including phenoxy) is 3. The Morgan fingerprint density at radius 2 is 1.91 bits per heavy atom. The van der Waals surface area contributed by atoms with Crippen LogP contribution in [0.15, 0.2) is 42.5 Å². The van der Waals surface area contributed by atoms with Gasteiger partial charge in [0.25, 0.3) is 0 Å². The van der Waals surface area contributed by atoms with E-state index >= 15 is 0 Å². The first-order chi connectivity index (χ1) is 20.3. The maximum Gasteiger partial charge on any atom is 0.332 e. The lowest BCUT2D eigenvalue weighted by Crippen LogP contribution is -2.49. The van der Waals surface area contributed by atoms with Gasteiger partial charge in [-0.3, -0.25) is 4.90 Å². The Labute approximate surface area is 260 Å². The van der Waals surface area contributed by atoms with Gasteiger partial charge in [0, 0.05) is 12.6 Å². The van der Waals surface area contributed by atoms with Crippen LogP contribution in [0.5, 0.6) is 0 Å². The minimum absolute atomic E-state index is 0.0368. The Hall–Kier alpha value is -2.10. The van der Waals surface area contributed by atoms with Crippen LogP contribution in [0.2, 0.25) is 18.1 Å². The number of nitrogens with zero attached hydrogens (tertiary/aromatic N) is 1. The number of hydrogen-bond acceptors (Lipinski definition) is 6. The van der Waals surface area contributed by atoms with Crippen LogP contribution in [-0.2, 0) is 36.3 Å². The van der Waals surface area contributed by atoms with Crippen LogP contribution in [-0.4, -0.2) is 70.8 Å². The second kappa shape index (κ2) is 16.3. The van der Waals surface area contributed by atoms with Crippen molar-refractivity contribution in [3.05, 3.63) is 70.5 Å². The zero-order valence-corrected chi connectivity index (χ0v) is 28.7. The number of halogens is 1. The molecular formula is C35H54FNO5Si. The molecule has 0 aromatic heterocycles. The smallest absolute Gasteiger partial charge is 0.332 e. The summed E-state index contributed by atoms with van der Waals surface area (Å²) in [6.45, 7) is 20.1. The van der Waals surface area contributed by atoms with E-state index in [1.165, 1.54) is 0 Å². The summed E-state index contributed by atoms with van der Waals surface area (Å²) in [6, 6.07) is 14.2. The van der Waals surface area contributed by atoms with Crippen molar-refractivity contribution >= 4 is 14.3 Å². The van der Waals surface area contributed by atoms with Crippen molar-refractivity contribution in [2.45, 2.75) is 104 Å². The summed E-state index contributed by atoms with van der Waals surface area (Å²) in [4.78, 5) is 14.1. The zero-order valence-electron chi connectivity index (χ0n) is 27.7. The quantitative estimate of drug-likeness (QED) is 0.111. The number of rotatable bonds is 16. The average molecular weight is 616 g/mol. The highest BCUT2D eigenvalue weighted by Gasteiger charge is 2.40. The molecule has 2 aromatic rings. The number of hydrogen-bond donors (Lipinski definition) is 0. The van der Waals surface area contributed by atoms with E-state index in [9.17, 15) is 9.18 Å². The molecule has 1 saturated heterocycles. The molecular weight excluding hydrogens is 561 g/mol. The lowest BCUT2D eigenvalue weighted by Gasteiger charge is -2.41. The molecule has 3 atom stereocenters. The van der Waals surface area contributed by atoms with E-state index in [0.717, 1.165) is 49.0 Å². The molecule has 0 spiro atoms. The van der Waals surface area contributed by atoms with E-state index in [4.69, 9.17) is 18.6 Å². The van der Waals surface area contributed by atoms with Crippen molar-refractivity contribution in [1.29, 1.82) is 0 Å². The Morgan fingerprint density at radius 3 is 2.60 bits per heavy atom. The highest BCUT2D eigenvalue weighted by atomic mass is 28.4. The molecule has 8 heteroatoms. The van der Waals surface area contributed by atoms with Gasteiger partial charge in [-0.15, -0.1) is 0 Å². The molecule has 0 unspecified atom stereocenters. The fraction of sp³-hybridized carbons (Fsp3) is 0.629. The van der Waals surface area contributed by atoms with Gasteiger partial charge in [-0.1, -0.05) is 57.2 Å². The molecule has 2 aromatic carbocycles. The van der Waals surface area contributed by atoms with Crippen LogP contribution in [0.1, 0.15) is 75.8 Å². The van der Waals surface area contributed by atoms with Crippen LogP contribution in [0.4, 0.5) is 4.39 Å². The van der Waals surface area contributed by atoms with Gasteiger partial charge in [-0.25, -0.2) is 9.18 Å². The number of esters is 1. The molecule has 3 rings (SSSR count). The number of carbonyl (C=O) groups excluding carboxylic acids is 1. The van der Waals surface area contributed by atoms with E-state index < -0.39 is 8.32 Å². The molecule has 240 valence electrons. The number of benzene rings is 2. The van der Waals surface area contributed by atoms with Crippen LogP contribution in [0, 0.1) is 12.7 Å². The maximum absolute atomic E-state index is 14.3. The van der Waals surface area contributed by atoms with E-state index in [1.807, 2.05) is 25.1 Å². The first kappa shape index (κ1) is 35.4. The second-order valence-corrected chi connectivity index (χ2v) is 18.1. The molecule has 1 aliphatic heterocycles. The molecule has 0 radical (unpaired) electrons. The summed E-state index contributed by atoms with van der Waals surface area (Å²) in [5, 5.41) is 0.0802. The predicted molar refractivity (Wildman–Crippen MR) is 173 cm³/mol. The third-order valence-corrected chi connectivity index (χ3v) is 13.5. The van der Waals surface area contributed by atoms with Gasteiger partial charge < -0.3 is 18.6 Å². The van der Waals surface area contributed by atoms with Gasteiger partial charge in [0.1, 0.15) is 12.4 Å². The topological polar surface area (TPSA) is 57.2 Å². The van der Waals surface area contributed by atoms with Crippen molar-refractivity contribution in [3.63, 3.8) is 0 Å². The van der Waals surface area contributed by atoms with Gasteiger partial charge in [0.15, 0.2) is 8.32 Å². The van der Waals surface area contributed by atoms with Crippen molar-refractivity contribution in [1.82, 2.24) is 4.90 Å². The average Bonchev–Trinajstić information content (AvgIpc) is 3.37. The van der Waals surface area contributed by atoms with Crippen LogP contribution >= 0.6 is 0 Å². The van der Waals surface area contributed by atoms with Crippen molar-refractivity contribution in [2.24, 2.45) is 0 Å². The van der Waals surface area contributed by atoms with Gasteiger partial charge in [0.2, 0.25) is 0 Å². The third kappa shape index (κ3) is 10.8. The SMILES string of the molecule is CCOC(=O)COCCc1ccccc1[C@@H](C)OC[C@@H](CN1CCC[C@H]1Cc1ccc(C)c(F)c1)O[Si](C)(C)C(C)(C)C. The van der Waals surface area contributed by atoms with Crippen molar-refractivity contribution in [2.75, 3.05) is 39.5 Å². The van der Waals surface area contributed by atoms with E-state index in [-0.39, 0.29) is 35.6 Å². The Morgan fingerprint density at radius 1 is 1.16 bits per heavy atom. The van der Waals surface area contributed by atoms with Crippen LogP contribution in [0.3, 0.4) is 0 Å². The van der Waals surface area contributed by atoms with E-state index in [2.05, 4.69) is 63.9 Å². The monoisotopic (exact) mass is 615 g/mol. The zero-order chi connectivity index (χ0) is 31.6. The second-order valence-electron chi connectivity index (χ2n) is 13.4. The summed E-state index contributed by atoms with van der Waals surface area (Å²) >= 11 is 0. The Bertz CT molecular complexity index is 1170. The Balaban J connectivity index is 1.67. The molecule has 1 aliphatic rings. The highest BCUT2D eigenvalue weighted by Crippen LogP contribution is 2.38. The fourth-order valence-electron chi connectivity index (χ4n) is 5.42. The third-order valence-electron chi connectivity index (χ3n) is 8.98. The molecule has 1 heterocycles. The molecule has 0 bridgehead atoms. The lowest BCUT2D eigenvalue weighted by molar-refractivity contribution is -0.148. The molecule has 1 fully saturated rings. The largest absolute Gasteiger partial charge is 0.464 e. The van der Waals surface area contributed by atoms with Gasteiger partial charge in [-0.05, 0) is 99.5 Å². The minimum atomic E-state index is -2.06. The molecule has 0 aliphatic carbocycles. The minimum Gasteiger partial charge on any atom is -0.464 e. The number of aryl methyl sites for hydroxylation is 1. The van der Waals surface area contributed by atoms with Crippen LogP contribution in [0.25, 0.3) is 0 Å². The highest BCUT2D eigenvalue weighted by molar-refractivity contribution is 6.74. The molecule has 43 heavy (non-hydrogen) atoms. The van der Waals surface area contributed by atoms with E-state index in [1.54, 1.807) is 13.0 Å². The summed E-state index contributed by atoms with van der Waals surface area (Å²) < 4.78 is 38.3. The first-order valence-corrected chi connectivity index (χ1v) is 18.8. The molecule has 0 amide bonds. The molecule has 0 saturated carbocycles. The molecule has 0 N–H and O–H groups in total. The summed E-state index contributed by atoms with van der Waals surface area (Å²) in [5.74, 6) is -0.471. The maximum atomic E-state index is 14.3. The summed E-state index contributed by atoms with van der Waals surface area (Å²) in [6.07, 6.45) is 3.56. The summed E-state index contributed by atoms with van der Waals surface area (Å²) in [5.41, 5.74) is 4.00. The van der Waals surface area contributed by atoms with E-state index in [0.29, 0.717) is 37.8 Å². The van der Waals surface area contributed by atoms with Crippen molar-refractivity contribution < 1.29 is 27.8 Å². The predicted octanol–water partition coefficient (Wildman–Crippen LogP) is 7.43. The molecule has 6 nitrogen and oxygen atoms in total. The Kier molecular flexibility index (Phi) is 13.4. The van der Waals surface area contributed by atoms with Gasteiger partial charge >= 0.3 is 5.97 Å². The van der Waals surface area contributed by atoms with Crippen molar-refractivity contribution in [3.8, 4) is 0 Å².